The van der Waals surface area contributed by atoms with Crippen LogP contribution in [0.1, 0.15) is 5.56 Å². The predicted octanol–water partition coefficient (Wildman–Crippen LogP) is 5.13. The van der Waals surface area contributed by atoms with Crippen LogP contribution in [-0.4, -0.2) is 36.1 Å². The van der Waals surface area contributed by atoms with Crippen LogP contribution >= 0.6 is 11.3 Å². The average Bonchev–Trinajstić information content (AvgIpc) is 3.19. The molecule has 29 heavy (non-hydrogen) atoms. The molecule has 1 aliphatic heterocycles. The zero-order valence-electron chi connectivity index (χ0n) is 16.2. The quantitative estimate of drug-likeness (QED) is 0.474. The lowest BCUT2D eigenvalue weighted by atomic mass is 10.1. The van der Waals surface area contributed by atoms with Crippen molar-refractivity contribution in [3.8, 4) is 11.1 Å². The zero-order chi connectivity index (χ0) is 19.8. The molecular weight excluding hydrogens is 383 g/mol. The van der Waals surface area contributed by atoms with Crippen LogP contribution in [0.2, 0.25) is 0 Å². The molecule has 0 spiro atoms. The molecule has 0 atom stereocenters. The lowest BCUT2D eigenvalue weighted by Crippen LogP contribution is -2.46. The number of hydrogen-bond acceptors (Lipinski definition) is 5. The van der Waals surface area contributed by atoms with Gasteiger partial charge < -0.3 is 9.80 Å². The Morgan fingerprint density at radius 2 is 1.55 bits per heavy atom. The first kappa shape index (κ1) is 18.1. The van der Waals surface area contributed by atoms with Crippen LogP contribution in [0.25, 0.3) is 21.3 Å². The first-order chi connectivity index (χ1) is 14.2. The van der Waals surface area contributed by atoms with Crippen LogP contribution in [0.3, 0.4) is 0 Å². The molecule has 3 heterocycles. The molecule has 4 nitrogen and oxygen atoms in total. The largest absolute Gasteiger partial charge is 0.368 e. The Kier molecular flexibility index (Phi) is 4.64. The number of anilines is 2. The molecule has 0 unspecified atom stereocenters. The lowest BCUT2D eigenvalue weighted by Gasteiger charge is -2.37. The van der Waals surface area contributed by atoms with Gasteiger partial charge in [0, 0.05) is 42.8 Å². The highest BCUT2D eigenvalue weighted by atomic mass is 32.1. The van der Waals surface area contributed by atoms with Crippen molar-refractivity contribution in [1.82, 2.24) is 9.97 Å². The van der Waals surface area contributed by atoms with Crippen molar-refractivity contribution in [1.29, 1.82) is 0 Å². The zero-order valence-corrected chi connectivity index (χ0v) is 17.0. The fourth-order valence-corrected chi connectivity index (χ4v) is 4.78. The van der Waals surface area contributed by atoms with E-state index < -0.39 is 0 Å². The van der Waals surface area contributed by atoms with E-state index in [2.05, 4.69) is 56.3 Å². The molecule has 1 aliphatic rings. The molecular formula is C23H21FN4S. The summed E-state index contributed by atoms with van der Waals surface area (Å²) in [6.07, 6.45) is 1.65. The van der Waals surface area contributed by atoms with E-state index in [0.29, 0.717) is 0 Å². The van der Waals surface area contributed by atoms with Crippen molar-refractivity contribution >= 4 is 33.1 Å². The maximum Gasteiger partial charge on any atom is 0.141 e. The van der Waals surface area contributed by atoms with Crippen molar-refractivity contribution in [3.63, 3.8) is 0 Å². The minimum Gasteiger partial charge on any atom is -0.368 e. The van der Waals surface area contributed by atoms with Gasteiger partial charge in [0.2, 0.25) is 0 Å². The number of fused-ring (bicyclic) bond motifs is 1. The van der Waals surface area contributed by atoms with E-state index in [1.807, 2.05) is 12.1 Å². The van der Waals surface area contributed by atoms with Gasteiger partial charge in [-0.3, -0.25) is 0 Å². The van der Waals surface area contributed by atoms with Gasteiger partial charge in [0.05, 0.1) is 5.39 Å². The highest BCUT2D eigenvalue weighted by molar-refractivity contribution is 7.17. The number of thiophene rings is 1. The number of aromatic nitrogens is 2. The molecule has 0 radical (unpaired) electrons. The standard InChI is InChI=1S/C23H21FN4S/c1-16-2-8-19(9-3-16)27-10-12-28(13-11-27)22-21-20(14-29-23(21)26-15-25-22)17-4-6-18(24)7-5-17/h2-9,14-15H,10-13H2,1H3. The number of piperazine rings is 1. The molecule has 2 aromatic heterocycles. The van der Waals surface area contributed by atoms with Gasteiger partial charge in [-0.15, -0.1) is 11.3 Å². The van der Waals surface area contributed by atoms with Gasteiger partial charge in [-0.05, 0) is 36.8 Å². The summed E-state index contributed by atoms with van der Waals surface area (Å²) in [6.45, 7) is 5.81. The number of hydrogen-bond donors (Lipinski definition) is 0. The summed E-state index contributed by atoms with van der Waals surface area (Å²) in [5.41, 5.74) is 4.61. The summed E-state index contributed by atoms with van der Waals surface area (Å²) in [5.74, 6) is 0.746. The smallest absolute Gasteiger partial charge is 0.141 e. The molecule has 0 bridgehead atoms. The molecule has 1 saturated heterocycles. The molecule has 6 heteroatoms. The first-order valence-electron chi connectivity index (χ1n) is 9.74. The van der Waals surface area contributed by atoms with Gasteiger partial charge in [0.15, 0.2) is 0 Å². The van der Waals surface area contributed by atoms with Gasteiger partial charge >= 0.3 is 0 Å². The predicted molar refractivity (Wildman–Crippen MR) is 118 cm³/mol. The summed E-state index contributed by atoms with van der Waals surface area (Å²) in [6, 6.07) is 15.4. The van der Waals surface area contributed by atoms with E-state index >= 15 is 0 Å². The van der Waals surface area contributed by atoms with Crippen molar-refractivity contribution in [3.05, 3.63) is 71.6 Å². The normalized spacial score (nSPS) is 14.6. The molecule has 0 saturated carbocycles. The van der Waals surface area contributed by atoms with Crippen LogP contribution < -0.4 is 9.80 Å². The first-order valence-corrected chi connectivity index (χ1v) is 10.6. The maximum absolute atomic E-state index is 13.4. The minimum atomic E-state index is -0.225. The van der Waals surface area contributed by atoms with Crippen molar-refractivity contribution in [2.75, 3.05) is 36.0 Å². The number of nitrogens with zero attached hydrogens (tertiary/aromatic N) is 4. The van der Waals surface area contributed by atoms with Crippen LogP contribution in [0.4, 0.5) is 15.9 Å². The second kappa shape index (κ2) is 7.44. The fourth-order valence-electron chi connectivity index (χ4n) is 3.87. The van der Waals surface area contributed by atoms with Crippen LogP contribution in [0, 0.1) is 12.7 Å². The Bertz CT molecular complexity index is 1130. The SMILES string of the molecule is Cc1ccc(N2CCN(c3ncnc4scc(-c5ccc(F)cc5)c34)CC2)cc1. The van der Waals surface area contributed by atoms with E-state index in [1.165, 1.54) is 23.4 Å². The Morgan fingerprint density at radius 1 is 0.862 bits per heavy atom. The number of rotatable bonds is 3. The van der Waals surface area contributed by atoms with Crippen LogP contribution in [0.15, 0.2) is 60.2 Å². The minimum absolute atomic E-state index is 0.225. The molecule has 0 N–H and O–H groups in total. The van der Waals surface area contributed by atoms with Gasteiger partial charge in [-0.1, -0.05) is 29.8 Å². The second-order valence-corrected chi connectivity index (χ2v) is 8.20. The van der Waals surface area contributed by atoms with Crippen LogP contribution in [0.5, 0.6) is 0 Å². The highest BCUT2D eigenvalue weighted by Crippen LogP contribution is 2.38. The summed E-state index contributed by atoms with van der Waals surface area (Å²) in [7, 11) is 0. The highest BCUT2D eigenvalue weighted by Gasteiger charge is 2.22. The fraction of sp³-hybridized carbons (Fsp3) is 0.217. The molecule has 146 valence electrons. The Hall–Kier alpha value is -2.99. The van der Waals surface area contributed by atoms with Gasteiger partial charge in [0.25, 0.3) is 0 Å². The van der Waals surface area contributed by atoms with E-state index in [9.17, 15) is 4.39 Å². The monoisotopic (exact) mass is 404 g/mol. The molecule has 2 aromatic carbocycles. The summed E-state index contributed by atoms with van der Waals surface area (Å²) in [4.78, 5) is 14.8. The average molecular weight is 405 g/mol. The van der Waals surface area contributed by atoms with Crippen molar-refractivity contribution < 1.29 is 4.39 Å². The molecule has 5 rings (SSSR count). The third-order valence-electron chi connectivity index (χ3n) is 5.48. The van der Waals surface area contributed by atoms with E-state index in [4.69, 9.17) is 0 Å². The maximum atomic E-state index is 13.4. The van der Waals surface area contributed by atoms with Gasteiger partial charge in [-0.25, -0.2) is 14.4 Å². The number of benzene rings is 2. The van der Waals surface area contributed by atoms with Gasteiger partial charge in [0.1, 0.15) is 22.8 Å². The van der Waals surface area contributed by atoms with Gasteiger partial charge in [-0.2, -0.15) is 0 Å². The van der Waals surface area contributed by atoms with Crippen molar-refractivity contribution in [2.24, 2.45) is 0 Å². The Morgan fingerprint density at radius 3 is 2.28 bits per heavy atom. The third kappa shape index (κ3) is 3.44. The summed E-state index contributed by atoms with van der Waals surface area (Å²) in [5, 5.41) is 3.16. The van der Waals surface area contributed by atoms with E-state index in [-0.39, 0.29) is 5.82 Å². The molecule has 1 fully saturated rings. The molecule has 0 aliphatic carbocycles. The summed E-state index contributed by atoms with van der Waals surface area (Å²) >= 11 is 1.61. The second-order valence-electron chi connectivity index (χ2n) is 7.34. The summed E-state index contributed by atoms with van der Waals surface area (Å²) < 4.78 is 13.4. The number of aryl methyl sites for hydroxylation is 1. The van der Waals surface area contributed by atoms with Crippen LogP contribution in [-0.2, 0) is 0 Å². The number of halogens is 1. The van der Waals surface area contributed by atoms with Crippen molar-refractivity contribution in [2.45, 2.75) is 6.92 Å². The van der Waals surface area contributed by atoms with E-state index in [0.717, 1.165) is 53.3 Å². The Balaban J connectivity index is 1.44. The topological polar surface area (TPSA) is 32.3 Å². The Labute approximate surface area is 173 Å². The van der Waals surface area contributed by atoms with E-state index in [1.54, 1.807) is 17.7 Å². The molecule has 4 aromatic rings. The lowest BCUT2D eigenvalue weighted by molar-refractivity contribution is 0.628. The molecule has 0 amide bonds. The third-order valence-corrected chi connectivity index (χ3v) is 6.37.